The van der Waals surface area contributed by atoms with Gasteiger partial charge in [0.05, 0.1) is 12.6 Å². The monoisotopic (exact) mass is 426 g/mol. The molecule has 1 saturated heterocycles. The van der Waals surface area contributed by atoms with Crippen LogP contribution in [-0.4, -0.2) is 56.2 Å². The molecule has 0 unspecified atom stereocenters. The van der Waals surface area contributed by atoms with Gasteiger partial charge in [-0.2, -0.15) is 0 Å². The van der Waals surface area contributed by atoms with E-state index in [1.165, 1.54) is 24.3 Å². The van der Waals surface area contributed by atoms with Gasteiger partial charge in [-0.15, -0.1) is 5.10 Å². The van der Waals surface area contributed by atoms with E-state index >= 15 is 0 Å². The van der Waals surface area contributed by atoms with Crippen molar-refractivity contribution in [1.82, 2.24) is 30.0 Å². The highest BCUT2D eigenvalue weighted by molar-refractivity contribution is 5.32. The number of hydrogen-bond donors (Lipinski definition) is 0. The predicted octanol–water partition coefficient (Wildman–Crippen LogP) is 3.66. The van der Waals surface area contributed by atoms with Crippen LogP contribution in [0.15, 0.2) is 48.5 Å². The number of halogens is 2. The second kappa shape index (κ2) is 10.1. The average molecular weight is 427 g/mol. The first kappa shape index (κ1) is 21.5. The maximum atomic E-state index is 13.5. The standard InChI is InChI=1S/C23H28F2N6/c1-2-3-12-31-22(26-27-28-31)17-29-13-15-30(16-14-29)23(18-4-8-20(24)9-5-18)19-6-10-21(25)11-7-19/h4-11,23H,2-3,12-17H2,1H3. The Morgan fingerprint density at radius 3 is 2.00 bits per heavy atom. The molecule has 0 bridgehead atoms. The molecule has 4 rings (SSSR count). The molecule has 0 N–H and O–H groups in total. The number of hydrogen-bond acceptors (Lipinski definition) is 5. The molecule has 0 amide bonds. The summed E-state index contributed by atoms with van der Waals surface area (Å²) >= 11 is 0. The molecule has 0 saturated carbocycles. The summed E-state index contributed by atoms with van der Waals surface area (Å²) in [6, 6.07) is 13.2. The average Bonchev–Trinajstić information content (AvgIpc) is 3.23. The van der Waals surface area contributed by atoms with Gasteiger partial charge in [0.2, 0.25) is 0 Å². The summed E-state index contributed by atoms with van der Waals surface area (Å²) in [5.41, 5.74) is 2.01. The molecule has 8 heteroatoms. The quantitative estimate of drug-likeness (QED) is 0.550. The molecule has 0 spiro atoms. The van der Waals surface area contributed by atoms with E-state index in [4.69, 9.17) is 0 Å². The van der Waals surface area contributed by atoms with Gasteiger partial charge in [0.25, 0.3) is 0 Å². The zero-order chi connectivity index (χ0) is 21.6. The van der Waals surface area contributed by atoms with Crippen molar-refractivity contribution in [2.75, 3.05) is 26.2 Å². The number of benzene rings is 2. The first-order chi connectivity index (χ1) is 15.1. The van der Waals surface area contributed by atoms with Crippen molar-refractivity contribution in [1.29, 1.82) is 0 Å². The highest BCUT2D eigenvalue weighted by atomic mass is 19.1. The van der Waals surface area contributed by atoms with Crippen LogP contribution in [-0.2, 0) is 13.1 Å². The van der Waals surface area contributed by atoms with Gasteiger partial charge in [-0.25, -0.2) is 13.5 Å². The van der Waals surface area contributed by atoms with Crippen LogP contribution in [0, 0.1) is 11.6 Å². The van der Waals surface area contributed by atoms with Crippen LogP contribution in [0.4, 0.5) is 8.78 Å². The SMILES string of the molecule is CCCCn1nnnc1CN1CCN(C(c2ccc(F)cc2)c2ccc(F)cc2)CC1. The van der Waals surface area contributed by atoms with Crippen LogP contribution < -0.4 is 0 Å². The number of piperazine rings is 1. The lowest BCUT2D eigenvalue weighted by atomic mass is 9.96. The lowest BCUT2D eigenvalue weighted by molar-refractivity contribution is 0.102. The van der Waals surface area contributed by atoms with Crippen LogP contribution in [0.5, 0.6) is 0 Å². The normalized spacial score (nSPS) is 15.6. The van der Waals surface area contributed by atoms with Gasteiger partial charge in [-0.3, -0.25) is 9.80 Å². The van der Waals surface area contributed by atoms with Crippen molar-refractivity contribution in [2.24, 2.45) is 0 Å². The van der Waals surface area contributed by atoms with Gasteiger partial charge in [0.1, 0.15) is 11.6 Å². The predicted molar refractivity (Wildman–Crippen MR) is 114 cm³/mol. The van der Waals surface area contributed by atoms with Gasteiger partial charge >= 0.3 is 0 Å². The summed E-state index contributed by atoms with van der Waals surface area (Å²) in [7, 11) is 0. The Bertz CT molecular complexity index is 903. The largest absolute Gasteiger partial charge is 0.293 e. The number of aromatic nitrogens is 4. The second-order valence-electron chi connectivity index (χ2n) is 7.99. The van der Waals surface area contributed by atoms with Crippen molar-refractivity contribution >= 4 is 0 Å². The van der Waals surface area contributed by atoms with E-state index in [1.54, 1.807) is 0 Å². The minimum Gasteiger partial charge on any atom is -0.293 e. The Labute approximate surface area is 181 Å². The third kappa shape index (κ3) is 5.32. The molecule has 164 valence electrons. The van der Waals surface area contributed by atoms with Crippen LogP contribution in [0.25, 0.3) is 0 Å². The molecule has 31 heavy (non-hydrogen) atoms. The lowest BCUT2D eigenvalue weighted by Gasteiger charge is -2.39. The number of unbranched alkanes of at least 4 members (excludes halogenated alkanes) is 1. The first-order valence-corrected chi connectivity index (χ1v) is 10.9. The zero-order valence-electron chi connectivity index (χ0n) is 17.8. The molecular formula is C23H28F2N6. The summed E-state index contributed by atoms with van der Waals surface area (Å²) in [4.78, 5) is 4.73. The van der Waals surface area contributed by atoms with Gasteiger partial charge < -0.3 is 0 Å². The smallest absolute Gasteiger partial charge is 0.165 e. The van der Waals surface area contributed by atoms with Crippen LogP contribution in [0.3, 0.4) is 0 Å². The number of rotatable bonds is 8. The highest BCUT2D eigenvalue weighted by Crippen LogP contribution is 2.30. The summed E-state index contributed by atoms with van der Waals surface area (Å²) in [6.07, 6.45) is 2.16. The number of aryl methyl sites for hydroxylation is 1. The fraction of sp³-hybridized carbons (Fsp3) is 0.435. The molecule has 0 atom stereocenters. The summed E-state index contributed by atoms with van der Waals surface area (Å²) < 4.78 is 28.9. The molecule has 0 aliphatic carbocycles. The summed E-state index contributed by atoms with van der Waals surface area (Å²) in [6.45, 7) is 7.16. The molecule has 3 aromatic rings. The van der Waals surface area contributed by atoms with E-state index in [-0.39, 0.29) is 17.7 Å². The Hall–Kier alpha value is -2.71. The second-order valence-corrected chi connectivity index (χ2v) is 7.99. The third-order valence-electron chi connectivity index (χ3n) is 5.84. The van der Waals surface area contributed by atoms with Crippen molar-refractivity contribution in [3.63, 3.8) is 0 Å². The van der Waals surface area contributed by atoms with E-state index in [1.807, 2.05) is 28.9 Å². The summed E-state index contributed by atoms with van der Waals surface area (Å²) in [5, 5.41) is 12.2. The number of nitrogens with zero attached hydrogens (tertiary/aromatic N) is 6. The fourth-order valence-corrected chi connectivity index (χ4v) is 4.10. The molecule has 6 nitrogen and oxygen atoms in total. The van der Waals surface area contributed by atoms with Crippen LogP contribution >= 0.6 is 0 Å². The molecule has 1 fully saturated rings. The molecule has 0 radical (unpaired) electrons. The maximum absolute atomic E-state index is 13.5. The lowest BCUT2D eigenvalue weighted by Crippen LogP contribution is -2.47. The molecule has 1 aliphatic heterocycles. The molecule has 2 heterocycles. The zero-order valence-corrected chi connectivity index (χ0v) is 17.8. The Morgan fingerprint density at radius 1 is 0.871 bits per heavy atom. The molecule has 1 aliphatic rings. The Balaban J connectivity index is 1.46. The molecular weight excluding hydrogens is 398 g/mol. The van der Waals surface area contributed by atoms with Crippen LogP contribution in [0.2, 0.25) is 0 Å². The van der Waals surface area contributed by atoms with E-state index in [0.717, 1.165) is 69.1 Å². The van der Waals surface area contributed by atoms with Crippen molar-refractivity contribution in [3.8, 4) is 0 Å². The van der Waals surface area contributed by atoms with Gasteiger partial charge in [0, 0.05) is 32.7 Å². The first-order valence-electron chi connectivity index (χ1n) is 10.9. The fourth-order valence-electron chi connectivity index (χ4n) is 4.10. The van der Waals surface area contributed by atoms with E-state index < -0.39 is 0 Å². The van der Waals surface area contributed by atoms with E-state index in [9.17, 15) is 8.78 Å². The van der Waals surface area contributed by atoms with E-state index in [2.05, 4.69) is 32.2 Å². The minimum atomic E-state index is -0.257. The van der Waals surface area contributed by atoms with Gasteiger partial charge in [-0.1, -0.05) is 37.6 Å². The van der Waals surface area contributed by atoms with Crippen LogP contribution in [0.1, 0.15) is 42.8 Å². The summed E-state index contributed by atoms with van der Waals surface area (Å²) in [5.74, 6) is 0.384. The van der Waals surface area contributed by atoms with Gasteiger partial charge in [0.15, 0.2) is 5.82 Å². The van der Waals surface area contributed by atoms with Crippen molar-refractivity contribution in [2.45, 2.75) is 38.9 Å². The third-order valence-corrected chi connectivity index (χ3v) is 5.84. The number of tetrazole rings is 1. The maximum Gasteiger partial charge on any atom is 0.165 e. The molecule has 2 aromatic carbocycles. The van der Waals surface area contributed by atoms with Crippen molar-refractivity contribution < 1.29 is 8.78 Å². The van der Waals surface area contributed by atoms with Gasteiger partial charge in [-0.05, 0) is 52.2 Å². The van der Waals surface area contributed by atoms with E-state index in [0.29, 0.717) is 0 Å². The topological polar surface area (TPSA) is 50.1 Å². The molecule has 1 aromatic heterocycles. The van der Waals surface area contributed by atoms with Crippen molar-refractivity contribution in [3.05, 3.63) is 77.1 Å². The Morgan fingerprint density at radius 2 is 1.45 bits per heavy atom. The Kier molecular flexibility index (Phi) is 6.99. The highest BCUT2D eigenvalue weighted by Gasteiger charge is 2.27. The minimum absolute atomic E-state index is 0.0433.